The summed E-state index contributed by atoms with van der Waals surface area (Å²) in [5.41, 5.74) is 0.631. The van der Waals surface area contributed by atoms with Crippen LogP contribution in [0.2, 0.25) is 0 Å². The molecule has 6 nitrogen and oxygen atoms in total. The molecule has 7 heteroatoms. The molecular formula is C16H11N3O3S. The predicted molar refractivity (Wildman–Crippen MR) is 86.6 cm³/mol. The van der Waals surface area contributed by atoms with Crippen LogP contribution in [-0.2, 0) is 0 Å². The number of aromatic nitrogens is 3. The van der Waals surface area contributed by atoms with Crippen molar-refractivity contribution in [1.82, 2.24) is 14.6 Å². The Balaban J connectivity index is 1.79. The smallest absolute Gasteiger partial charge is 0.291 e. The summed E-state index contributed by atoms with van der Waals surface area (Å²) in [4.78, 5) is 17.4. The molecule has 3 aromatic heterocycles. The van der Waals surface area contributed by atoms with E-state index in [1.807, 2.05) is 24.3 Å². The molecule has 4 aromatic rings. The number of fused-ring (bicyclic) bond motifs is 1. The minimum atomic E-state index is -0.200. The molecule has 0 N–H and O–H groups in total. The highest BCUT2D eigenvalue weighted by atomic mass is 32.1. The summed E-state index contributed by atoms with van der Waals surface area (Å²) in [7, 11) is 1.61. The molecule has 0 aliphatic heterocycles. The summed E-state index contributed by atoms with van der Waals surface area (Å²) in [5, 5.41) is 4.30. The van der Waals surface area contributed by atoms with E-state index in [-0.39, 0.29) is 5.56 Å². The fourth-order valence-electron chi connectivity index (χ4n) is 2.20. The Labute approximate surface area is 134 Å². The number of benzene rings is 1. The average Bonchev–Trinajstić information content (AvgIpc) is 3.28. The van der Waals surface area contributed by atoms with Crippen molar-refractivity contribution in [1.29, 1.82) is 0 Å². The number of thiazole rings is 1. The minimum Gasteiger partial charge on any atom is -0.497 e. The van der Waals surface area contributed by atoms with Crippen LogP contribution >= 0.6 is 11.3 Å². The van der Waals surface area contributed by atoms with E-state index in [1.165, 1.54) is 15.9 Å². The van der Waals surface area contributed by atoms with Gasteiger partial charge in [-0.1, -0.05) is 11.3 Å². The van der Waals surface area contributed by atoms with Gasteiger partial charge in [-0.3, -0.25) is 4.79 Å². The normalized spacial score (nSPS) is 12.1. The van der Waals surface area contributed by atoms with Crippen LogP contribution < -0.4 is 14.8 Å². The Morgan fingerprint density at radius 1 is 1.26 bits per heavy atom. The zero-order valence-corrected chi connectivity index (χ0v) is 12.9. The molecule has 0 saturated heterocycles. The first kappa shape index (κ1) is 13.7. The van der Waals surface area contributed by atoms with E-state index in [0.29, 0.717) is 21.1 Å². The molecule has 114 valence electrons. The second kappa shape index (κ2) is 5.36. The Morgan fingerprint density at radius 2 is 2.09 bits per heavy atom. The standard InChI is InChI=1S/C16H11N3O3S/c1-21-11-6-4-10(5-7-11)14-17-16-19(18-14)15(20)13(23-16)9-12-3-2-8-22-12/h2-9H,1H3/b13-9-. The van der Waals surface area contributed by atoms with E-state index in [0.717, 1.165) is 11.3 Å². The molecule has 0 fully saturated rings. The van der Waals surface area contributed by atoms with Crippen molar-refractivity contribution in [2.45, 2.75) is 0 Å². The Kier molecular flexibility index (Phi) is 3.20. The predicted octanol–water partition coefficient (Wildman–Crippen LogP) is 1.97. The molecule has 0 aliphatic rings. The van der Waals surface area contributed by atoms with Crippen molar-refractivity contribution in [2.75, 3.05) is 7.11 Å². The number of rotatable bonds is 3. The van der Waals surface area contributed by atoms with Gasteiger partial charge in [0, 0.05) is 11.6 Å². The SMILES string of the molecule is COc1ccc(-c2nc3s/c(=C\c4ccco4)c(=O)n3n2)cc1. The van der Waals surface area contributed by atoms with Crippen molar-refractivity contribution in [3.8, 4) is 17.1 Å². The molecule has 0 radical (unpaired) electrons. The van der Waals surface area contributed by atoms with E-state index in [2.05, 4.69) is 10.1 Å². The summed E-state index contributed by atoms with van der Waals surface area (Å²) in [6, 6.07) is 10.9. The molecule has 0 saturated carbocycles. The fourth-order valence-corrected chi connectivity index (χ4v) is 3.09. The van der Waals surface area contributed by atoms with Gasteiger partial charge in [-0.05, 0) is 36.4 Å². The molecule has 4 rings (SSSR count). The molecular weight excluding hydrogens is 314 g/mol. The molecule has 0 bridgehead atoms. The van der Waals surface area contributed by atoms with Gasteiger partial charge in [0.05, 0.1) is 13.4 Å². The van der Waals surface area contributed by atoms with Gasteiger partial charge in [0.25, 0.3) is 5.56 Å². The second-order valence-electron chi connectivity index (χ2n) is 4.79. The van der Waals surface area contributed by atoms with E-state index in [4.69, 9.17) is 9.15 Å². The van der Waals surface area contributed by atoms with Gasteiger partial charge in [-0.15, -0.1) is 5.10 Å². The van der Waals surface area contributed by atoms with Crippen LogP contribution in [0, 0.1) is 0 Å². The topological polar surface area (TPSA) is 69.6 Å². The molecule has 23 heavy (non-hydrogen) atoms. The summed E-state index contributed by atoms with van der Waals surface area (Å²) in [6.45, 7) is 0. The molecule has 3 heterocycles. The summed E-state index contributed by atoms with van der Waals surface area (Å²) >= 11 is 1.28. The Morgan fingerprint density at radius 3 is 2.74 bits per heavy atom. The van der Waals surface area contributed by atoms with E-state index < -0.39 is 0 Å². The summed E-state index contributed by atoms with van der Waals surface area (Å²) in [6.07, 6.45) is 3.26. The van der Waals surface area contributed by atoms with E-state index in [1.54, 1.807) is 31.6 Å². The van der Waals surface area contributed by atoms with Crippen molar-refractivity contribution in [2.24, 2.45) is 0 Å². The van der Waals surface area contributed by atoms with Crippen LogP contribution in [0.25, 0.3) is 22.4 Å². The highest BCUT2D eigenvalue weighted by Gasteiger charge is 2.12. The van der Waals surface area contributed by atoms with Gasteiger partial charge in [-0.25, -0.2) is 0 Å². The quantitative estimate of drug-likeness (QED) is 0.576. The number of ether oxygens (including phenoxy) is 1. The molecule has 1 aromatic carbocycles. The summed E-state index contributed by atoms with van der Waals surface area (Å²) in [5.74, 6) is 1.90. The lowest BCUT2D eigenvalue weighted by molar-refractivity contribution is 0.415. The number of hydrogen-bond acceptors (Lipinski definition) is 6. The highest BCUT2D eigenvalue weighted by molar-refractivity contribution is 7.15. The monoisotopic (exact) mass is 325 g/mol. The van der Waals surface area contributed by atoms with Crippen LogP contribution in [0.15, 0.2) is 51.9 Å². The van der Waals surface area contributed by atoms with Crippen molar-refractivity contribution in [3.05, 3.63) is 63.3 Å². The number of furan rings is 1. The van der Waals surface area contributed by atoms with Crippen LogP contribution in [0.3, 0.4) is 0 Å². The van der Waals surface area contributed by atoms with Gasteiger partial charge < -0.3 is 9.15 Å². The van der Waals surface area contributed by atoms with E-state index >= 15 is 0 Å². The first-order valence-electron chi connectivity index (χ1n) is 6.84. The molecule has 0 aliphatic carbocycles. The minimum absolute atomic E-state index is 0.200. The van der Waals surface area contributed by atoms with Crippen molar-refractivity contribution in [3.63, 3.8) is 0 Å². The largest absolute Gasteiger partial charge is 0.497 e. The van der Waals surface area contributed by atoms with Gasteiger partial charge in [0.1, 0.15) is 16.0 Å². The molecule has 0 spiro atoms. The van der Waals surface area contributed by atoms with Crippen LogP contribution in [0.1, 0.15) is 5.76 Å². The lowest BCUT2D eigenvalue weighted by atomic mass is 10.2. The van der Waals surface area contributed by atoms with Crippen molar-refractivity contribution >= 4 is 22.4 Å². The molecule has 0 unspecified atom stereocenters. The third-order valence-electron chi connectivity index (χ3n) is 3.35. The van der Waals surface area contributed by atoms with E-state index in [9.17, 15) is 4.79 Å². The summed E-state index contributed by atoms with van der Waals surface area (Å²) < 4.78 is 12.2. The van der Waals surface area contributed by atoms with Gasteiger partial charge in [0.15, 0.2) is 5.82 Å². The van der Waals surface area contributed by atoms with Crippen molar-refractivity contribution < 1.29 is 9.15 Å². The maximum absolute atomic E-state index is 12.4. The lowest BCUT2D eigenvalue weighted by Gasteiger charge is -1.99. The zero-order valence-electron chi connectivity index (χ0n) is 12.1. The molecule has 0 atom stereocenters. The lowest BCUT2D eigenvalue weighted by Crippen LogP contribution is -2.23. The Bertz CT molecular complexity index is 1060. The van der Waals surface area contributed by atoms with Crippen LogP contribution in [-0.4, -0.2) is 21.7 Å². The number of nitrogens with zero attached hydrogens (tertiary/aromatic N) is 3. The average molecular weight is 325 g/mol. The van der Waals surface area contributed by atoms with Gasteiger partial charge in [-0.2, -0.15) is 9.50 Å². The van der Waals surface area contributed by atoms with Gasteiger partial charge in [0.2, 0.25) is 4.96 Å². The second-order valence-corrected chi connectivity index (χ2v) is 5.80. The van der Waals surface area contributed by atoms with Crippen LogP contribution in [0.4, 0.5) is 0 Å². The van der Waals surface area contributed by atoms with Gasteiger partial charge >= 0.3 is 0 Å². The maximum atomic E-state index is 12.4. The molecule has 0 amide bonds. The maximum Gasteiger partial charge on any atom is 0.291 e. The number of methoxy groups -OCH3 is 1. The number of hydrogen-bond donors (Lipinski definition) is 0. The van der Waals surface area contributed by atoms with Crippen LogP contribution in [0.5, 0.6) is 5.75 Å². The first-order valence-corrected chi connectivity index (χ1v) is 7.65. The Hall–Kier alpha value is -2.93. The third-order valence-corrected chi connectivity index (χ3v) is 4.31. The highest BCUT2D eigenvalue weighted by Crippen LogP contribution is 2.20. The first-order chi connectivity index (χ1) is 11.2. The third kappa shape index (κ3) is 2.40. The zero-order chi connectivity index (χ0) is 15.8. The fraction of sp³-hybridized carbons (Fsp3) is 0.0625.